The maximum atomic E-state index is 13.7. The molecule has 1 aliphatic rings. The van der Waals surface area contributed by atoms with Gasteiger partial charge in [0.2, 0.25) is 0 Å². The van der Waals surface area contributed by atoms with Crippen LogP contribution in [-0.2, 0) is 9.53 Å². The van der Waals surface area contributed by atoms with E-state index in [0.29, 0.717) is 38.0 Å². The minimum atomic E-state index is -0.677. The van der Waals surface area contributed by atoms with Crippen molar-refractivity contribution < 1.29 is 14.3 Å². The summed E-state index contributed by atoms with van der Waals surface area (Å²) in [5, 5.41) is 0.565. The van der Waals surface area contributed by atoms with Gasteiger partial charge in [0, 0.05) is 10.6 Å². The average Bonchev–Trinajstić information content (AvgIpc) is 3.09. The number of thiazole rings is 1. The van der Waals surface area contributed by atoms with E-state index < -0.39 is 12.0 Å². The highest BCUT2D eigenvalue weighted by molar-refractivity contribution is 7.07. The first-order valence-corrected chi connectivity index (χ1v) is 12.2. The van der Waals surface area contributed by atoms with Crippen molar-refractivity contribution in [2.75, 3.05) is 6.61 Å². The molecule has 0 saturated carbocycles. The molecule has 0 bridgehead atoms. The normalized spacial score (nSPS) is 15.8. The zero-order chi connectivity index (χ0) is 24.4. The number of ether oxygens (including phenoxy) is 2. The Balaban J connectivity index is 1.94. The van der Waals surface area contributed by atoms with Gasteiger partial charge in [-0.15, -0.1) is 0 Å². The molecule has 0 unspecified atom stereocenters. The number of aromatic nitrogens is 1. The van der Waals surface area contributed by atoms with E-state index in [4.69, 9.17) is 21.1 Å². The van der Waals surface area contributed by atoms with Gasteiger partial charge in [-0.05, 0) is 57.5 Å². The smallest absolute Gasteiger partial charge is 0.338 e. The highest BCUT2D eigenvalue weighted by Crippen LogP contribution is 2.31. The Labute approximate surface area is 206 Å². The molecule has 34 heavy (non-hydrogen) atoms. The van der Waals surface area contributed by atoms with Crippen LogP contribution >= 0.6 is 22.9 Å². The summed E-state index contributed by atoms with van der Waals surface area (Å²) in [5.41, 5.74) is 2.17. The van der Waals surface area contributed by atoms with Gasteiger partial charge in [0.1, 0.15) is 5.75 Å². The summed E-state index contributed by atoms with van der Waals surface area (Å²) >= 11 is 7.38. The molecule has 8 heteroatoms. The van der Waals surface area contributed by atoms with E-state index >= 15 is 0 Å². The Hall–Kier alpha value is -3.16. The van der Waals surface area contributed by atoms with Crippen molar-refractivity contribution in [1.82, 2.24) is 4.57 Å². The third-order valence-electron chi connectivity index (χ3n) is 5.28. The molecule has 0 N–H and O–H groups in total. The van der Waals surface area contributed by atoms with Gasteiger partial charge in [0.05, 0.1) is 34.6 Å². The van der Waals surface area contributed by atoms with Crippen molar-refractivity contribution in [3.8, 4) is 5.75 Å². The largest absolute Gasteiger partial charge is 0.493 e. The van der Waals surface area contributed by atoms with Crippen LogP contribution in [0, 0.1) is 0 Å². The lowest BCUT2D eigenvalue weighted by Gasteiger charge is -2.25. The van der Waals surface area contributed by atoms with E-state index in [1.165, 1.54) is 11.3 Å². The van der Waals surface area contributed by atoms with Crippen LogP contribution in [0.2, 0.25) is 5.02 Å². The summed E-state index contributed by atoms with van der Waals surface area (Å²) in [4.78, 5) is 31.9. The number of benzene rings is 2. The molecule has 1 aromatic heterocycles. The van der Waals surface area contributed by atoms with Crippen LogP contribution in [0.5, 0.6) is 5.75 Å². The third kappa shape index (κ3) is 4.72. The lowest BCUT2D eigenvalue weighted by Crippen LogP contribution is -2.40. The summed E-state index contributed by atoms with van der Waals surface area (Å²) < 4.78 is 13.3. The van der Waals surface area contributed by atoms with Gasteiger partial charge in [-0.1, -0.05) is 53.3 Å². The number of hydrogen-bond acceptors (Lipinski definition) is 6. The summed E-state index contributed by atoms with van der Waals surface area (Å²) in [5.74, 6) is 0.203. The van der Waals surface area contributed by atoms with E-state index in [9.17, 15) is 9.59 Å². The molecule has 0 radical (unpaired) electrons. The van der Waals surface area contributed by atoms with E-state index in [1.807, 2.05) is 43.3 Å². The maximum Gasteiger partial charge on any atom is 0.338 e. The fraction of sp³-hybridized carbons (Fsp3) is 0.269. The molecular weight excluding hydrogens is 472 g/mol. The quantitative estimate of drug-likeness (QED) is 0.479. The predicted octanol–water partition coefficient (Wildman–Crippen LogP) is 4.24. The molecule has 0 aliphatic carbocycles. The van der Waals surface area contributed by atoms with E-state index in [2.05, 4.69) is 4.99 Å². The zero-order valence-corrected chi connectivity index (χ0v) is 20.9. The second-order valence-electron chi connectivity index (χ2n) is 8.06. The number of halogens is 1. The van der Waals surface area contributed by atoms with Crippen LogP contribution in [-0.4, -0.2) is 23.2 Å². The SMILES string of the molecule is CCOc1ccccc1/C=c1\sc2n(c1=O)[C@H](c1ccc(Cl)cc1)C(C(=O)OC(C)C)=C(C)N=2. The first-order valence-electron chi connectivity index (χ1n) is 11.0. The number of esters is 1. The van der Waals surface area contributed by atoms with Crippen molar-refractivity contribution in [1.29, 1.82) is 0 Å². The van der Waals surface area contributed by atoms with Gasteiger partial charge in [0.15, 0.2) is 4.80 Å². The lowest BCUT2D eigenvalue weighted by atomic mass is 9.96. The fourth-order valence-corrected chi connectivity index (χ4v) is 5.01. The number of allylic oxidation sites excluding steroid dienone is 1. The number of para-hydroxylation sites is 1. The summed E-state index contributed by atoms with van der Waals surface area (Å²) in [6.07, 6.45) is 1.50. The molecule has 1 atom stereocenters. The van der Waals surface area contributed by atoms with Crippen molar-refractivity contribution in [2.45, 2.75) is 39.8 Å². The first-order chi connectivity index (χ1) is 16.3. The number of carbonyl (C=O) groups excluding carboxylic acids is 1. The number of nitrogens with zero attached hydrogens (tertiary/aromatic N) is 2. The van der Waals surface area contributed by atoms with Crippen molar-refractivity contribution in [2.24, 2.45) is 4.99 Å². The summed E-state index contributed by atoms with van der Waals surface area (Å²) in [7, 11) is 0. The zero-order valence-electron chi connectivity index (χ0n) is 19.4. The molecule has 176 valence electrons. The standard InChI is InChI=1S/C26H25ClN2O4S/c1-5-32-20-9-7-6-8-18(20)14-21-24(30)29-23(17-10-12-19(27)13-11-17)22(25(31)33-15(2)3)16(4)28-26(29)34-21/h6-15,23H,5H2,1-4H3/b21-14-/t23-/m1/s1. The van der Waals surface area contributed by atoms with Crippen LogP contribution in [0.3, 0.4) is 0 Å². The predicted molar refractivity (Wildman–Crippen MR) is 134 cm³/mol. The molecule has 0 spiro atoms. The third-order valence-corrected chi connectivity index (χ3v) is 6.51. The van der Waals surface area contributed by atoms with Crippen molar-refractivity contribution >= 4 is 35.0 Å². The van der Waals surface area contributed by atoms with Gasteiger partial charge in [0.25, 0.3) is 5.56 Å². The summed E-state index contributed by atoms with van der Waals surface area (Å²) in [6.45, 7) is 7.77. The average molecular weight is 497 g/mol. The fourth-order valence-electron chi connectivity index (χ4n) is 3.85. The Kier molecular flexibility index (Phi) is 7.05. The number of hydrogen-bond donors (Lipinski definition) is 0. The highest BCUT2D eigenvalue weighted by Gasteiger charge is 2.33. The molecule has 0 fully saturated rings. The van der Waals surface area contributed by atoms with Gasteiger partial charge in [-0.3, -0.25) is 9.36 Å². The van der Waals surface area contributed by atoms with Gasteiger partial charge in [-0.25, -0.2) is 9.79 Å². The van der Waals surface area contributed by atoms with Crippen molar-refractivity contribution in [3.05, 3.63) is 95.6 Å². The van der Waals surface area contributed by atoms with E-state index in [-0.39, 0.29) is 11.7 Å². The Morgan fingerprint density at radius 3 is 2.59 bits per heavy atom. The monoisotopic (exact) mass is 496 g/mol. The molecule has 6 nitrogen and oxygen atoms in total. The number of rotatable bonds is 6. The minimum absolute atomic E-state index is 0.239. The van der Waals surface area contributed by atoms with E-state index in [0.717, 1.165) is 11.1 Å². The molecule has 1 aliphatic heterocycles. The van der Waals surface area contributed by atoms with Gasteiger partial charge >= 0.3 is 5.97 Å². The molecule has 2 aromatic carbocycles. The molecule has 3 aromatic rings. The number of carbonyl (C=O) groups is 1. The molecule has 2 heterocycles. The van der Waals surface area contributed by atoms with Crippen LogP contribution in [0.1, 0.15) is 44.9 Å². The second-order valence-corrected chi connectivity index (χ2v) is 9.50. The number of fused-ring (bicyclic) bond motifs is 1. The second kappa shape index (κ2) is 9.99. The lowest BCUT2D eigenvalue weighted by molar-refractivity contribution is -0.143. The molecule has 0 amide bonds. The maximum absolute atomic E-state index is 13.7. The highest BCUT2D eigenvalue weighted by atomic mass is 35.5. The van der Waals surface area contributed by atoms with Crippen LogP contribution in [0.25, 0.3) is 6.08 Å². The molecule has 0 saturated heterocycles. The molecule has 4 rings (SSSR count). The Morgan fingerprint density at radius 2 is 1.91 bits per heavy atom. The van der Waals surface area contributed by atoms with Crippen LogP contribution in [0.15, 0.2) is 69.6 Å². The minimum Gasteiger partial charge on any atom is -0.493 e. The van der Waals surface area contributed by atoms with Crippen LogP contribution in [0.4, 0.5) is 0 Å². The molecular formula is C26H25ClN2O4S. The van der Waals surface area contributed by atoms with E-state index in [1.54, 1.807) is 43.5 Å². The Morgan fingerprint density at radius 1 is 1.21 bits per heavy atom. The Bertz CT molecular complexity index is 1430. The topological polar surface area (TPSA) is 69.9 Å². The van der Waals surface area contributed by atoms with Crippen LogP contribution < -0.4 is 19.6 Å². The van der Waals surface area contributed by atoms with Crippen molar-refractivity contribution in [3.63, 3.8) is 0 Å². The summed E-state index contributed by atoms with van der Waals surface area (Å²) in [6, 6.07) is 14.0. The van der Waals surface area contributed by atoms with Gasteiger partial charge < -0.3 is 9.47 Å². The van der Waals surface area contributed by atoms with Gasteiger partial charge in [-0.2, -0.15) is 0 Å². The first kappa shape index (κ1) is 24.0.